The van der Waals surface area contributed by atoms with E-state index in [9.17, 15) is 0 Å². The molecule has 0 aliphatic carbocycles. The predicted molar refractivity (Wildman–Crippen MR) is 83.1 cm³/mol. The van der Waals surface area contributed by atoms with Crippen LogP contribution in [-0.2, 0) is 0 Å². The molecule has 0 nitrogen and oxygen atoms in total. The topological polar surface area (TPSA) is 0 Å². The lowest BCUT2D eigenvalue weighted by atomic mass is 10.4. The quantitative estimate of drug-likeness (QED) is 0.561. The van der Waals surface area contributed by atoms with Gasteiger partial charge in [-0.25, -0.2) is 0 Å². The summed E-state index contributed by atoms with van der Waals surface area (Å²) in [5.74, 6) is 0. The standard InChI is InChI=1S/C7H8Cl2Si.C3H6Cl2Si/c1-10(8,9)7-5-3-2-4-6-7;1-2-3-6(4)5/h2-6H,1H3;2-3,6H,1H3. The first-order valence-electron chi connectivity index (χ1n) is 4.72. The molecule has 6 heteroatoms. The highest BCUT2D eigenvalue weighted by Crippen LogP contribution is 2.12. The molecule has 0 N–H and O–H groups in total. The molecule has 0 radical (unpaired) electrons. The molecule has 0 heterocycles. The average molecular weight is 332 g/mol. The number of halogens is 4. The molecular weight excluding hydrogens is 318 g/mol. The van der Waals surface area contributed by atoms with Crippen LogP contribution in [0.5, 0.6) is 0 Å². The van der Waals surface area contributed by atoms with Crippen molar-refractivity contribution in [2.24, 2.45) is 0 Å². The zero-order valence-corrected chi connectivity index (χ0v) is 14.3. The van der Waals surface area contributed by atoms with Gasteiger partial charge in [-0.1, -0.05) is 42.1 Å². The molecule has 0 aliphatic heterocycles. The molecule has 0 spiro atoms. The summed E-state index contributed by atoms with van der Waals surface area (Å²) in [6.07, 6.45) is 1.87. The van der Waals surface area contributed by atoms with Crippen LogP contribution in [-0.4, -0.2) is 14.1 Å². The first kappa shape index (κ1) is 16.6. The SMILES string of the molecule is CC=C[SiH](Cl)Cl.C[Si](Cl)(Cl)c1ccccc1. The lowest BCUT2D eigenvalue weighted by Gasteiger charge is -2.08. The van der Waals surface area contributed by atoms with Crippen LogP contribution in [0.15, 0.2) is 42.1 Å². The Hall–Kier alpha value is 0.554. The molecule has 0 aromatic heterocycles. The van der Waals surface area contributed by atoms with E-state index in [1.807, 2.05) is 55.6 Å². The normalized spacial score (nSPS) is 11.4. The van der Waals surface area contributed by atoms with Crippen LogP contribution in [0.4, 0.5) is 0 Å². The van der Waals surface area contributed by atoms with Gasteiger partial charge in [0.15, 0.2) is 0 Å². The van der Waals surface area contributed by atoms with Crippen molar-refractivity contribution in [1.29, 1.82) is 0 Å². The number of hydrogen-bond donors (Lipinski definition) is 0. The largest absolute Gasteiger partial charge is 0.277 e. The Bertz CT molecular complexity index is 306. The summed E-state index contributed by atoms with van der Waals surface area (Å²) in [5.41, 5.74) is 1.84. The second-order valence-electron chi connectivity index (χ2n) is 3.11. The minimum absolute atomic E-state index is 1.07. The molecule has 0 aliphatic rings. The second kappa shape index (κ2) is 8.62. The van der Waals surface area contributed by atoms with E-state index in [-0.39, 0.29) is 0 Å². The molecule has 90 valence electrons. The molecule has 1 aromatic rings. The lowest BCUT2D eigenvalue weighted by Crippen LogP contribution is -2.31. The highest BCUT2D eigenvalue weighted by Gasteiger charge is 2.22. The molecule has 0 saturated carbocycles. The Labute approximate surface area is 119 Å². The van der Waals surface area contributed by atoms with Crippen molar-refractivity contribution in [3.8, 4) is 0 Å². The van der Waals surface area contributed by atoms with E-state index in [0.717, 1.165) is 5.19 Å². The summed E-state index contributed by atoms with van der Waals surface area (Å²) < 4.78 is 0. The highest BCUT2D eigenvalue weighted by molar-refractivity contribution is 7.50. The summed E-state index contributed by atoms with van der Waals surface area (Å²) in [4.78, 5) is 0. The van der Waals surface area contributed by atoms with Crippen LogP contribution in [0.25, 0.3) is 0 Å². The number of allylic oxidation sites excluding steroid dienone is 1. The Kier molecular flexibility index (Phi) is 8.91. The van der Waals surface area contributed by atoms with Crippen molar-refractivity contribution in [2.45, 2.75) is 13.5 Å². The molecule has 0 fully saturated rings. The van der Waals surface area contributed by atoms with Crippen molar-refractivity contribution >= 4 is 63.6 Å². The van der Waals surface area contributed by atoms with E-state index in [1.165, 1.54) is 0 Å². The zero-order valence-electron chi connectivity index (χ0n) is 9.13. The first-order chi connectivity index (χ1) is 7.38. The number of hydrogen-bond acceptors (Lipinski definition) is 0. The van der Waals surface area contributed by atoms with Crippen LogP contribution >= 0.6 is 44.3 Å². The predicted octanol–water partition coefficient (Wildman–Crippen LogP) is 4.24. The van der Waals surface area contributed by atoms with Crippen molar-refractivity contribution < 1.29 is 0 Å². The Morgan fingerprint density at radius 2 is 1.62 bits per heavy atom. The summed E-state index contributed by atoms with van der Waals surface area (Å²) in [7, 11) is -1.41. The molecule has 16 heavy (non-hydrogen) atoms. The van der Waals surface area contributed by atoms with Gasteiger partial charge < -0.3 is 0 Å². The van der Waals surface area contributed by atoms with Gasteiger partial charge in [-0.2, -0.15) is 0 Å². The fourth-order valence-electron chi connectivity index (χ4n) is 0.876. The summed E-state index contributed by atoms with van der Waals surface area (Å²) >= 11 is 22.7. The third kappa shape index (κ3) is 8.68. The number of benzene rings is 1. The molecular formula is C10H14Cl4Si2. The van der Waals surface area contributed by atoms with Crippen LogP contribution < -0.4 is 5.19 Å². The van der Waals surface area contributed by atoms with Gasteiger partial charge in [0.2, 0.25) is 0 Å². The molecule has 0 bridgehead atoms. The fourth-order valence-corrected chi connectivity index (χ4v) is 3.57. The maximum atomic E-state index is 5.96. The van der Waals surface area contributed by atoms with E-state index in [2.05, 4.69) is 0 Å². The van der Waals surface area contributed by atoms with Gasteiger partial charge in [0.25, 0.3) is 14.1 Å². The first-order valence-corrected chi connectivity index (χ1v) is 13.4. The molecule has 0 amide bonds. The zero-order chi connectivity index (χ0) is 12.6. The minimum Gasteiger partial charge on any atom is -0.145 e. The average Bonchev–Trinajstić information content (AvgIpc) is 2.18. The molecule has 0 atom stereocenters. The maximum Gasteiger partial charge on any atom is 0.277 e. The van der Waals surface area contributed by atoms with Crippen LogP contribution in [0, 0.1) is 0 Å². The Morgan fingerprint density at radius 1 is 1.12 bits per heavy atom. The highest BCUT2D eigenvalue weighted by atomic mass is 35.7. The van der Waals surface area contributed by atoms with Crippen LogP contribution in [0.1, 0.15) is 6.92 Å². The lowest BCUT2D eigenvalue weighted by molar-refractivity contribution is 1.76. The summed E-state index contributed by atoms with van der Waals surface area (Å²) in [5, 5.41) is 1.07. The van der Waals surface area contributed by atoms with Crippen molar-refractivity contribution in [2.75, 3.05) is 0 Å². The van der Waals surface area contributed by atoms with Gasteiger partial charge in [-0.15, -0.1) is 44.3 Å². The van der Waals surface area contributed by atoms with Gasteiger partial charge in [0.1, 0.15) is 0 Å². The van der Waals surface area contributed by atoms with Crippen LogP contribution in [0.3, 0.4) is 0 Å². The molecule has 1 aromatic carbocycles. The van der Waals surface area contributed by atoms with E-state index < -0.39 is 14.1 Å². The van der Waals surface area contributed by atoms with Gasteiger partial charge in [-0.3, -0.25) is 0 Å². The third-order valence-corrected chi connectivity index (χ3v) is 5.82. The van der Waals surface area contributed by atoms with Gasteiger partial charge >= 0.3 is 0 Å². The maximum absolute atomic E-state index is 5.96. The molecule has 0 unspecified atom stereocenters. The molecule has 1 rings (SSSR count). The third-order valence-electron chi connectivity index (χ3n) is 1.62. The van der Waals surface area contributed by atoms with Gasteiger partial charge in [0, 0.05) is 0 Å². The van der Waals surface area contributed by atoms with Gasteiger partial charge in [0.05, 0.1) is 0 Å². The molecule has 0 saturated heterocycles. The Balaban J connectivity index is 0.000000325. The van der Waals surface area contributed by atoms with Gasteiger partial charge in [-0.05, 0) is 18.7 Å². The van der Waals surface area contributed by atoms with Crippen molar-refractivity contribution in [3.05, 3.63) is 42.1 Å². The Morgan fingerprint density at radius 3 is 1.81 bits per heavy atom. The fraction of sp³-hybridized carbons (Fsp3) is 0.200. The van der Waals surface area contributed by atoms with Crippen molar-refractivity contribution in [3.63, 3.8) is 0 Å². The number of rotatable bonds is 2. The second-order valence-corrected chi connectivity index (χ2v) is 15.1. The summed E-state index contributed by atoms with van der Waals surface area (Å²) in [6.45, 7) is 1.71. The van der Waals surface area contributed by atoms with Crippen molar-refractivity contribution in [1.82, 2.24) is 0 Å². The van der Waals surface area contributed by atoms with Crippen LogP contribution in [0.2, 0.25) is 6.55 Å². The van der Waals surface area contributed by atoms with E-state index in [4.69, 9.17) is 44.3 Å². The smallest absolute Gasteiger partial charge is 0.145 e. The van der Waals surface area contributed by atoms with E-state index in [0.29, 0.717) is 0 Å². The van der Waals surface area contributed by atoms with E-state index in [1.54, 1.807) is 0 Å². The van der Waals surface area contributed by atoms with E-state index >= 15 is 0 Å². The summed E-state index contributed by atoms with van der Waals surface area (Å²) in [6, 6.07) is 9.78. The monoisotopic (exact) mass is 330 g/mol. The minimum atomic E-state index is -2.09.